The summed E-state index contributed by atoms with van der Waals surface area (Å²) in [6.45, 7) is 62.1. The maximum atomic E-state index is 12.5. The Hall–Kier alpha value is -3.18. The number of fused-ring (bicyclic) bond motifs is 3. The maximum absolute atomic E-state index is 12.5. The van der Waals surface area contributed by atoms with Crippen molar-refractivity contribution in [2.24, 2.45) is 60.6 Å². The molecule has 0 heterocycles. The summed E-state index contributed by atoms with van der Waals surface area (Å²) in [6, 6.07) is 0. The second-order valence-electron chi connectivity index (χ2n) is 42.0. The third-order valence-electron chi connectivity index (χ3n) is 30.6. The highest BCUT2D eigenvalue weighted by atomic mass is 16.6. The lowest BCUT2D eigenvalue weighted by molar-refractivity contribution is -0.265. The average Bonchev–Trinajstić information content (AvgIpc) is 1.23. The average molecular weight is 1550 g/mol. The van der Waals surface area contributed by atoms with Gasteiger partial charge in [-0.25, -0.2) is 0 Å². The summed E-state index contributed by atoms with van der Waals surface area (Å²) in [6.07, 6.45) is 52.2. The molecule has 8 saturated carbocycles. The summed E-state index contributed by atoms with van der Waals surface area (Å²) in [7, 11) is 0. The van der Waals surface area contributed by atoms with Crippen molar-refractivity contribution in [3.63, 3.8) is 0 Å². The molecule has 646 valence electrons. The zero-order valence-corrected chi connectivity index (χ0v) is 78.4. The molecule has 6 atom stereocenters. The van der Waals surface area contributed by atoms with Crippen LogP contribution in [0.5, 0.6) is 0 Å². The molecule has 6 unspecified atom stereocenters. The zero-order chi connectivity index (χ0) is 84.2. The van der Waals surface area contributed by atoms with E-state index >= 15 is 0 Å². The zero-order valence-electron chi connectivity index (χ0n) is 78.4. The largest absolute Gasteiger partial charge is 0.459 e. The van der Waals surface area contributed by atoms with Gasteiger partial charge >= 0.3 is 35.8 Å². The van der Waals surface area contributed by atoms with Gasteiger partial charge in [0.1, 0.15) is 33.6 Å². The van der Waals surface area contributed by atoms with Crippen molar-refractivity contribution < 1.29 is 57.2 Å². The summed E-state index contributed by atoms with van der Waals surface area (Å²) < 4.78 is 35.6. The van der Waals surface area contributed by atoms with Gasteiger partial charge in [0.15, 0.2) is 0 Å². The van der Waals surface area contributed by atoms with Crippen LogP contribution in [-0.2, 0) is 57.2 Å². The number of carbonyl (C=O) groups is 6. The minimum atomic E-state index is -0.378. The number of hydrogen-bond acceptors (Lipinski definition) is 12. The predicted octanol–water partition coefficient (Wildman–Crippen LogP) is 29.0. The molecule has 8 fully saturated rings. The molecular weight excluding hydrogens is 1370 g/mol. The third-order valence-corrected chi connectivity index (χ3v) is 30.6. The number of carbonyl (C=O) groups excluding carboxylic acids is 6. The lowest BCUT2D eigenvalue weighted by Crippen LogP contribution is -2.68. The van der Waals surface area contributed by atoms with E-state index < -0.39 is 0 Å². The van der Waals surface area contributed by atoms with Gasteiger partial charge in [0.25, 0.3) is 0 Å². The monoisotopic (exact) mass is 1550 g/mol. The molecule has 0 spiro atoms. The van der Waals surface area contributed by atoms with Gasteiger partial charge in [0, 0.05) is 16.2 Å². The molecule has 12 nitrogen and oxygen atoms in total. The van der Waals surface area contributed by atoms with E-state index in [1.807, 2.05) is 118 Å². The fourth-order valence-electron chi connectivity index (χ4n) is 17.3. The highest BCUT2D eigenvalue weighted by molar-refractivity contribution is 5.79. The Labute approximate surface area is 680 Å². The van der Waals surface area contributed by atoms with Crippen LogP contribution in [0.15, 0.2) is 0 Å². The molecule has 8 aliphatic carbocycles. The second-order valence-corrected chi connectivity index (χ2v) is 42.0. The first-order valence-electron chi connectivity index (χ1n) is 46.3. The molecule has 0 N–H and O–H groups in total. The van der Waals surface area contributed by atoms with Crippen LogP contribution in [0.25, 0.3) is 0 Å². The smallest absolute Gasteiger partial charge is 0.312 e. The van der Waals surface area contributed by atoms with Crippen LogP contribution in [0.1, 0.15) is 497 Å². The van der Waals surface area contributed by atoms with Gasteiger partial charge in [0.2, 0.25) is 0 Å². The molecule has 8 aliphatic rings. The number of esters is 6. The fourth-order valence-corrected chi connectivity index (χ4v) is 17.3. The highest BCUT2D eigenvalue weighted by Crippen LogP contribution is 2.70. The van der Waals surface area contributed by atoms with E-state index in [4.69, 9.17) is 28.4 Å². The number of rotatable bonds is 19. The molecule has 0 aliphatic heterocycles. The molecule has 8 rings (SSSR count). The van der Waals surface area contributed by atoms with Crippen LogP contribution < -0.4 is 0 Å². The van der Waals surface area contributed by atoms with E-state index in [0.29, 0.717) is 5.92 Å². The minimum absolute atomic E-state index is 0.0104. The summed E-state index contributed by atoms with van der Waals surface area (Å²) >= 11 is 0. The van der Waals surface area contributed by atoms with Crippen molar-refractivity contribution in [1.29, 1.82) is 0 Å². The Bertz CT molecular complexity index is 2700. The topological polar surface area (TPSA) is 158 Å². The van der Waals surface area contributed by atoms with Gasteiger partial charge in [-0.2, -0.15) is 0 Å². The van der Waals surface area contributed by atoms with Crippen LogP contribution in [-0.4, -0.2) is 69.4 Å². The normalized spacial score (nSPS) is 27.3. The van der Waals surface area contributed by atoms with Gasteiger partial charge in [0.05, 0.1) is 32.5 Å². The fraction of sp³-hybridized carbons (Fsp3) is 0.939. The molecule has 0 aromatic carbocycles. The van der Waals surface area contributed by atoms with Crippen molar-refractivity contribution in [2.75, 3.05) is 0 Å². The van der Waals surface area contributed by atoms with Crippen LogP contribution in [0.4, 0.5) is 0 Å². The first-order chi connectivity index (χ1) is 50.9. The van der Waals surface area contributed by atoms with Gasteiger partial charge in [-0.15, -0.1) is 0 Å². The number of ether oxygens (including phenoxy) is 6. The van der Waals surface area contributed by atoms with E-state index in [1.54, 1.807) is 0 Å². The van der Waals surface area contributed by atoms with E-state index in [0.717, 1.165) is 109 Å². The Morgan fingerprint density at radius 1 is 0.282 bits per heavy atom. The number of hydrogen-bond donors (Lipinski definition) is 0. The van der Waals surface area contributed by atoms with Gasteiger partial charge in [-0.1, -0.05) is 193 Å². The van der Waals surface area contributed by atoms with E-state index in [1.165, 1.54) is 186 Å². The van der Waals surface area contributed by atoms with Crippen LogP contribution in [0.3, 0.4) is 0 Å². The molecule has 0 aromatic heterocycles. The molecule has 0 radical (unpaired) electrons. The lowest BCUT2D eigenvalue weighted by atomic mass is 9.41. The summed E-state index contributed by atoms with van der Waals surface area (Å²) in [5.41, 5.74) is -2.97. The van der Waals surface area contributed by atoms with Crippen molar-refractivity contribution in [1.82, 2.24) is 0 Å². The Balaban J connectivity index is 0.000000447. The SMILES string of the molecule is CC.CCC(C)(C)C(=O)OC1(C)C2(C)CCC(C2)C1(C)C.CCC(C)(C)C(=O)OC1(C)CC2CCC21C.CCC(C)(C)C(=O)OC1(C)CCCCCC1.CCC(C)(C)C(=O)OC1(C)CCCCCCCCC1.CCC(C)(C)C(=O)OC1(C)CCCCCCCCCCC1.CCC1(OC(=O)C(C)(C)CC)CCCCCC1. The molecule has 0 saturated heterocycles. The first-order valence-corrected chi connectivity index (χ1v) is 46.3. The molecule has 2 bridgehead atoms. The second kappa shape index (κ2) is 44.4. The highest BCUT2D eigenvalue weighted by Gasteiger charge is 2.70. The molecular formula is C98H182O12. The molecule has 0 amide bonds. The van der Waals surface area contributed by atoms with Gasteiger partial charge in [-0.3, -0.25) is 28.8 Å². The summed E-state index contributed by atoms with van der Waals surface area (Å²) in [4.78, 5) is 73.6. The Morgan fingerprint density at radius 2 is 0.518 bits per heavy atom. The summed E-state index contributed by atoms with van der Waals surface area (Å²) in [5.74, 6) is 1.37. The molecule has 0 aromatic rings. The molecule has 12 heteroatoms. The van der Waals surface area contributed by atoms with Gasteiger partial charge < -0.3 is 28.4 Å². The Kier molecular flexibility index (Phi) is 41.5. The minimum Gasteiger partial charge on any atom is -0.459 e. The maximum Gasteiger partial charge on any atom is 0.312 e. The van der Waals surface area contributed by atoms with Crippen molar-refractivity contribution in [3.05, 3.63) is 0 Å². The van der Waals surface area contributed by atoms with Crippen molar-refractivity contribution in [3.8, 4) is 0 Å². The molecule has 110 heavy (non-hydrogen) atoms. The van der Waals surface area contributed by atoms with Crippen molar-refractivity contribution >= 4 is 35.8 Å². The van der Waals surface area contributed by atoms with Crippen LogP contribution in [0.2, 0.25) is 0 Å². The standard InChI is InChI=1S/C19H36O2.C17H30O2.C17H32O2.C15H28O2.C14H24O2.C14H26O2.C2H6/c1-5-18(2,3)17(20)21-19(4)15-13-11-9-7-6-8-10-12-14-16-19;1-8-14(2,3)13(18)19-17(7)15(4,5)12-9-10-16(17,6)11-12;1-5-16(2,3)15(18)19-17(4)13-11-9-7-6-8-10-12-14-17;1-5-14(3,4)13(16)17-15(6-2)11-9-7-8-10-12-15;1-6-12(2,3)11(15)16-14(5)9-10-7-8-13(10,14)4;1-5-13(2,3)12(15)16-14(4)10-8-6-7-9-11-14;1-2/h5-16H2,1-4H3;12H,8-11H2,1-7H3;5-14H2,1-4H3;5-12H2,1-4H3;10H,6-9H2,1-5H3;5-11H2,1-4H3;1-2H3. The van der Waals surface area contributed by atoms with E-state index in [9.17, 15) is 28.8 Å². The van der Waals surface area contributed by atoms with Gasteiger partial charge in [-0.05, 0) is 316 Å². The summed E-state index contributed by atoms with van der Waals surface area (Å²) in [5, 5.41) is 0. The predicted molar refractivity (Wildman–Crippen MR) is 460 cm³/mol. The van der Waals surface area contributed by atoms with Crippen molar-refractivity contribution in [2.45, 2.75) is 530 Å². The van der Waals surface area contributed by atoms with E-state index in [-0.39, 0.29) is 118 Å². The lowest BCUT2D eigenvalue weighted by Gasteiger charge is -2.67. The third kappa shape index (κ3) is 29.2. The van der Waals surface area contributed by atoms with Crippen LogP contribution >= 0.6 is 0 Å². The first kappa shape index (κ1) is 103. The van der Waals surface area contributed by atoms with E-state index in [2.05, 4.69) is 90.0 Å². The van der Waals surface area contributed by atoms with Crippen LogP contribution in [0, 0.1) is 60.6 Å². The Morgan fingerprint density at radius 3 is 0.736 bits per heavy atom. The quantitative estimate of drug-likeness (QED) is 0.0686.